The summed E-state index contributed by atoms with van der Waals surface area (Å²) in [5.74, 6) is -0.0697. The fourth-order valence-corrected chi connectivity index (χ4v) is 3.43. The van der Waals surface area contributed by atoms with Gasteiger partial charge in [0, 0.05) is 45.7 Å². The summed E-state index contributed by atoms with van der Waals surface area (Å²) in [5.41, 5.74) is 1.22. The molecule has 25 heavy (non-hydrogen) atoms. The third kappa shape index (κ3) is 4.83. The highest BCUT2D eigenvalue weighted by Crippen LogP contribution is 2.21. The van der Waals surface area contributed by atoms with Crippen LogP contribution in [0.25, 0.3) is 6.08 Å². The standard InChI is InChI=1S/C19H25N3O2.ClH/c1-20-18(23)11-15-22(19(20)24)17-9-13-21(14-10-17)12-5-8-16-6-3-2-4-7-16;/h2-8,17H,9-15H2,1H3;1H. The summed E-state index contributed by atoms with van der Waals surface area (Å²) in [6, 6.07) is 10.4. The first kappa shape index (κ1) is 19.5. The second-order valence-electron chi connectivity index (χ2n) is 6.52. The Morgan fingerprint density at radius 3 is 2.44 bits per heavy atom. The number of piperidine rings is 1. The Hall–Kier alpha value is -1.85. The topological polar surface area (TPSA) is 43.9 Å². The molecule has 2 aliphatic heterocycles. The average molecular weight is 364 g/mol. The Morgan fingerprint density at radius 2 is 1.76 bits per heavy atom. The van der Waals surface area contributed by atoms with Gasteiger partial charge in [0.05, 0.1) is 0 Å². The first-order valence-electron chi connectivity index (χ1n) is 8.66. The van der Waals surface area contributed by atoms with Crippen LogP contribution < -0.4 is 0 Å². The average Bonchev–Trinajstić information content (AvgIpc) is 2.62. The van der Waals surface area contributed by atoms with E-state index in [1.54, 1.807) is 7.05 Å². The van der Waals surface area contributed by atoms with Crippen molar-refractivity contribution in [3.8, 4) is 0 Å². The summed E-state index contributed by atoms with van der Waals surface area (Å²) in [5, 5.41) is 0. The van der Waals surface area contributed by atoms with Gasteiger partial charge < -0.3 is 4.90 Å². The highest BCUT2D eigenvalue weighted by atomic mass is 35.5. The van der Waals surface area contributed by atoms with Crippen LogP contribution in [0.1, 0.15) is 24.8 Å². The monoisotopic (exact) mass is 363 g/mol. The number of nitrogens with zero attached hydrogens (tertiary/aromatic N) is 3. The van der Waals surface area contributed by atoms with E-state index in [0.29, 0.717) is 13.0 Å². The summed E-state index contributed by atoms with van der Waals surface area (Å²) >= 11 is 0. The Balaban J connectivity index is 0.00000225. The van der Waals surface area contributed by atoms with Crippen molar-refractivity contribution in [3.05, 3.63) is 42.0 Å². The van der Waals surface area contributed by atoms with Crippen molar-refractivity contribution in [2.45, 2.75) is 25.3 Å². The molecule has 0 radical (unpaired) electrons. The molecule has 0 saturated carbocycles. The number of carbonyl (C=O) groups excluding carboxylic acids is 2. The summed E-state index contributed by atoms with van der Waals surface area (Å²) in [4.78, 5) is 29.4. The Morgan fingerprint density at radius 1 is 1.08 bits per heavy atom. The van der Waals surface area contributed by atoms with Crippen LogP contribution in [0.15, 0.2) is 36.4 Å². The van der Waals surface area contributed by atoms with Gasteiger partial charge in [0.1, 0.15) is 0 Å². The number of likely N-dealkylation sites (tertiary alicyclic amines) is 1. The van der Waals surface area contributed by atoms with E-state index >= 15 is 0 Å². The summed E-state index contributed by atoms with van der Waals surface area (Å²) in [6.45, 7) is 3.49. The minimum atomic E-state index is -0.131. The number of carbonyl (C=O) groups is 2. The first-order valence-corrected chi connectivity index (χ1v) is 8.66. The van der Waals surface area contributed by atoms with Crippen LogP contribution in [0.3, 0.4) is 0 Å². The molecule has 3 rings (SSSR count). The summed E-state index contributed by atoms with van der Waals surface area (Å²) in [6.07, 6.45) is 6.76. The molecular weight excluding hydrogens is 338 g/mol. The van der Waals surface area contributed by atoms with Gasteiger partial charge in [0.2, 0.25) is 5.91 Å². The van der Waals surface area contributed by atoms with E-state index in [9.17, 15) is 9.59 Å². The number of imide groups is 1. The van der Waals surface area contributed by atoms with Gasteiger partial charge in [-0.3, -0.25) is 14.6 Å². The van der Waals surface area contributed by atoms with Crippen LogP contribution in [-0.2, 0) is 4.79 Å². The normalized spacial score (nSPS) is 20.2. The van der Waals surface area contributed by atoms with Crippen LogP contribution >= 0.6 is 12.4 Å². The minimum Gasteiger partial charge on any atom is -0.321 e. The minimum absolute atomic E-state index is 0. The molecule has 1 aromatic rings. The van der Waals surface area contributed by atoms with Gasteiger partial charge in [-0.05, 0) is 18.4 Å². The smallest absolute Gasteiger partial charge is 0.321 e. The zero-order chi connectivity index (χ0) is 16.9. The van der Waals surface area contributed by atoms with Crippen molar-refractivity contribution in [3.63, 3.8) is 0 Å². The molecule has 2 saturated heterocycles. The molecule has 1 aromatic carbocycles. The Labute approximate surface area is 155 Å². The van der Waals surface area contributed by atoms with Crippen molar-refractivity contribution in [1.82, 2.24) is 14.7 Å². The molecule has 2 aliphatic rings. The first-order chi connectivity index (χ1) is 11.6. The van der Waals surface area contributed by atoms with Crippen molar-refractivity contribution in [1.29, 1.82) is 0 Å². The van der Waals surface area contributed by atoms with Crippen LogP contribution in [0.2, 0.25) is 0 Å². The molecule has 0 aromatic heterocycles. The molecule has 0 aliphatic carbocycles. The third-order valence-corrected chi connectivity index (χ3v) is 4.94. The number of hydrogen-bond acceptors (Lipinski definition) is 3. The number of rotatable bonds is 4. The largest absolute Gasteiger partial charge is 0.326 e. The molecule has 2 heterocycles. The van der Waals surface area contributed by atoms with Crippen molar-refractivity contribution < 1.29 is 9.59 Å². The fraction of sp³-hybridized carbons (Fsp3) is 0.474. The maximum atomic E-state index is 12.3. The lowest BCUT2D eigenvalue weighted by molar-refractivity contribution is -0.130. The summed E-state index contributed by atoms with van der Waals surface area (Å²) in [7, 11) is 1.58. The molecule has 0 unspecified atom stereocenters. The number of amides is 3. The zero-order valence-electron chi connectivity index (χ0n) is 14.6. The second-order valence-corrected chi connectivity index (χ2v) is 6.52. The number of halogens is 1. The number of benzene rings is 1. The van der Waals surface area contributed by atoms with Crippen molar-refractivity contribution in [2.24, 2.45) is 0 Å². The summed E-state index contributed by atoms with van der Waals surface area (Å²) < 4.78 is 0. The second kappa shape index (κ2) is 9.02. The molecule has 5 nitrogen and oxygen atoms in total. The van der Waals surface area contributed by atoms with Gasteiger partial charge in [0.15, 0.2) is 0 Å². The molecule has 2 fully saturated rings. The lowest BCUT2D eigenvalue weighted by atomic mass is 10.0. The van der Waals surface area contributed by atoms with E-state index in [1.165, 1.54) is 10.5 Å². The van der Waals surface area contributed by atoms with Crippen LogP contribution in [0.5, 0.6) is 0 Å². The Bertz CT molecular complexity index is 612. The molecular formula is C19H26ClN3O2. The van der Waals surface area contributed by atoms with E-state index in [0.717, 1.165) is 32.5 Å². The van der Waals surface area contributed by atoms with Gasteiger partial charge in [-0.1, -0.05) is 42.5 Å². The van der Waals surface area contributed by atoms with Crippen LogP contribution in [0.4, 0.5) is 4.79 Å². The maximum absolute atomic E-state index is 12.3. The molecule has 0 atom stereocenters. The maximum Gasteiger partial charge on any atom is 0.326 e. The van der Waals surface area contributed by atoms with Crippen LogP contribution in [-0.4, -0.2) is 65.9 Å². The van der Waals surface area contributed by atoms with Gasteiger partial charge >= 0.3 is 6.03 Å². The van der Waals surface area contributed by atoms with E-state index in [1.807, 2.05) is 23.1 Å². The molecule has 0 spiro atoms. The van der Waals surface area contributed by atoms with Gasteiger partial charge in [-0.15, -0.1) is 12.4 Å². The molecule has 3 amide bonds. The quantitative estimate of drug-likeness (QED) is 0.826. The molecule has 136 valence electrons. The highest BCUT2D eigenvalue weighted by molar-refractivity contribution is 5.96. The SMILES string of the molecule is CN1C(=O)CCN(C2CCN(CC=Cc3ccccc3)CC2)C1=O.Cl. The van der Waals surface area contributed by atoms with Gasteiger partial charge in [0.25, 0.3) is 0 Å². The lowest BCUT2D eigenvalue weighted by Gasteiger charge is -2.41. The fourth-order valence-electron chi connectivity index (χ4n) is 3.43. The lowest BCUT2D eigenvalue weighted by Crippen LogP contribution is -2.56. The van der Waals surface area contributed by atoms with E-state index in [4.69, 9.17) is 0 Å². The van der Waals surface area contributed by atoms with Crippen molar-refractivity contribution >= 4 is 30.4 Å². The van der Waals surface area contributed by atoms with Crippen molar-refractivity contribution in [2.75, 3.05) is 33.2 Å². The van der Waals surface area contributed by atoms with E-state index in [-0.39, 0.29) is 30.4 Å². The predicted molar refractivity (Wildman–Crippen MR) is 102 cm³/mol. The van der Waals surface area contributed by atoms with E-state index in [2.05, 4.69) is 29.2 Å². The number of hydrogen-bond donors (Lipinski definition) is 0. The highest BCUT2D eigenvalue weighted by Gasteiger charge is 2.34. The Kier molecular flexibility index (Phi) is 7.02. The van der Waals surface area contributed by atoms with Gasteiger partial charge in [-0.2, -0.15) is 0 Å². The molecule has 0 N–H and O–H groups in total. The predicted octanol–water partition coefficient (Wildman–Crippen LogP) is 2.87. The van der Waals surface area contributed by atoms with Crippen LogP contribution in [0, 0.1) is 0 Å². The molecule has 0 bridgehead atoms. The third-order valence-electron chi connectivity index (χ3n) is 4.94. The van der Waals surface area contributed by atoms with Gasteiger partial charge in [-0.25, -0.2) is 4.79 Å². The van der Waals surface area contributed by atoms with E-state index < -0.39 is 0 Å². The zero-order valence-corrected chi connectivity index (χ0v) is 15.5. The number of urea groups is 1. The molecule has 6 heteroatoms.